The maximum absolute atomic E-state index is 5.68. The van der Waals surface area contributed by atoms with Gasteiger partial charge in [-0.25, -0.2) is 4.98 Å². The van der Waals surface area contributed by atoms with Gasteiger partial charge in [0, 0.05) is 31.4 Å². The van der Waals surface area contributed by atoms with Crippen LogP contribution in [-0.4, -0.2) is 37.8 Å². The van der Waals surface area contributed by atoms with E-state index in [2.05, 4.69) is 129 Å². The Kier molecular flexibility index (Phi) is 10.1. The number of hydrogen-bond donors (Lipinski definition) is 0. The SMILES string of the molecule is Cc1nc2cc[c-]c(-c3cc[c]([Ge]([CH3])([CH3])[CH3])cn3)c2o1.[Ir].[c-]1ccc2c(sc3nc(-c4ccccc4)ccc32)c1-c1nc2ccccc2n1-c1ccccc1. The van der Waals surface area contributed by atoms with Crippen LogP contribution in [0.1, 0.15) is 5.89 Å². The Morgan fingerprint density at radius 1 is 0.655 bits per heavy atom. The molecular weight excluding hydrogens is 935 g/mol. The molecule has 0 fully saturated rings. The van der Waals surface area contributed by atoms with Crippen LogP contribution < -0.4 is 4.40 Å². The van der Waals surface area contributed by atoms with Crippen LogP contribution in [-0.2, 0) is 20.1 Å². The largest absolute Gasteiger partial charge is 0.333 e. The van der Waals surface area contributed by atoms with Crippen LogP contribution in [0.3, 0.4) is 0 Å². The molecule has 0 spiro atoms. The first-order valence-corrected chi connectivity index (χ1v) is 26.1. The van der Waals surface area contributed by atoms with Crippen molar-refractivity contribution in [1.82, 2.24) is 24.5 Å². The van der Waals surface area contributed by atoms with Gasteiger partial charge >= 0.3 is 121 Å². The Labute approximate surface area is 339 Å². The number of rotatable bonds is 5. The number of thiophene rings is 1. The number of benzene rings is 5. The van der Waals surface area contributed by atoms with Crippen molar-refractivity contribution in [2.24, 2.45) is 0 Å². The topological polar surface area (TPSA) is 69.6 Å². The van der Waals surface area contributed by atoms with E-state index in [1.807, 2.05) is 61.7 Å². The maximum Gasteiger partial charge on any atom is 0.114 e. The molecule has 0 bridgehead atoms. The van der Waals surface area contributed by atoms with Gasteiger partial charge in [-0.15, -0.1) is 18.2 Å². The molecule has 5 heterocycles. The standard InChI is InChI=1S/C30H18N3S.C16H17GeN2O.Ir/c1-3-10-20(11-4-1)25-19-18-23-22-14-9-15-24(28(22)34-30(23)32-25)29-31-26-16-7-8-17-27(26)33(29)21-12-5-2-6-13-21;1-11-19-15-7-5-6-13(16(15)20-11)14-9-8-12(10-18-14)17(2,3)4;/h1-14,16-19H;5,7-10H,1-4H3;/q2*-1;. The summed E-state index contributed by atoms with van der Waals surface area (Å²) in [6.07, 6.45) is 2.01. The molecular formula is C46H35GeIrN5OS-2. The molecule has 0 saturated heterocycles. The van der Waals surface area contributed by atoms with Crippen molar-refractivity contribution in [2.75, 3.05) is 0 Å². The molecule has 0 aliphatic heterocycles. The van der Waals surface area contributed by atoms with E-state index in [4.69, 9.17) is 14.4 Å². The van der Waals surface area contributed by atoms with Crippen LogP contribution in [0.4, 0.5) is 0 Å². The van der Waals surface area contributed by atoms with E-state index in [9.17, 15) is 0 Å². The van der Waals surface area contributed by atoms with Gasteiger partial charge in [-0.3, -0.25) is 4.98 Å². The van der Waals surface area contributed by atoms with Crippen molar-refractivity contribution in [2.45, 2.75) is 24.2 Å². The predicted molar refractivity (Wildman–Crippen MR) is 225 cm³/mol. The fraction of sp³-hybridized carbons (Fsp3) is 0.0870. The molecule has 5 aromatic heterocycles. The van der Waals surface area contributed by atoms with E-state index in [0.717, 1.165) is 76.6 Å². The Morgan fingerprint density at radius 2 is 1.36 bits per heavy atom. The summed E-state index contributed by atoms with van der Waals surface area (Å²) < 4.78 is 10.5. The Hall–Kier alpha value is -5.25. The Bertz CT molecular complexity index is 2930. The number of pyridine rings is 2. The van der Waals surface area contributed by atoms with Gasteiger partial charge in [-0.05, 0) is 40.4 Å². The summed E-state index contributed by atoms with van der Waals surface area (Å²) in [6, 6.07) is 52.2. The molecule has 271 valence electrons. The molecule has 6 nitrogen and oxygen atoms in total. The van der Waals surface area contributed by atoms with Gasteiger partial charge in [0.15, 0.2) is 0 Å². The second-order valence-corrected chi connectivity index (χ2v) is 25.8. The average molecular weight is 971 g/mol. The zero-order valence-corrected chi connectivity index (χ0v) is 36.0. The van der Waals surface area contributed by atoms with Gasteiger partial charge in [0.25, 0.3) is 0 Å². The monoisotopic (exact) mass is 972 g/mol. The van der Waals surface area contributed by atoms with E-state index in [0.29, 0.717) is 5.89 Å². The van der Waals surface area contributed by atoms with E-state index in [1.54, 1.807) is 11.3 Å². The number of nitrogens with zero attached hydrogens (tertiary/aromatic N) is 5. The minimum atomic E-state index is -1.81. The van der Waals surface area contributed by atoms with Crippen molar-refractivity contribution in [3.05, 3.63) is 158 Å². The number of aromatic nitrogens is 5. The van der Waals surface area contributed by atoms with Crippen LogP contribution in [0, 0.1) is 19.1 Å². The van der Waals surface area contributed by atoms with E-state index >= 15 is 0 Å². The van der Waals surface area contributed by atoms with Crippen LogP contribution in [0.25, 0.3) is 82.0 Å². The maximum atomic E-state index is 5.68. The van der Waals surface area contributed by atoms with Crippen LogP contribution in [0.5, 0.6) is 0 Å². The molecule has 10 aromatic rings. The number of imidazole rings is 1. The summed E-state index contributed by atoms with van der Waals surface area (Å²) in [7, 11) is 0. The summed E-state index contributed by atoms with van der Waals surface area (Å²) in [5.74, 6) is 8.66. The molecule has 10 rings (SSSR count). The van der Waals surface area contributed by atoms with Gasteiger partial charge in [0.2, 0.25) is 0 Å². The van der Waals surface area contributed by atoms with E-state index in [1.165, 1.54) is 9.78 Å². The summed E-state index contributed by atoms with van der Waals surface area (Å²) in [5, 5.41) is 2.35. The molecule has 0 atom stereocenters. The number of fused-ring (bicyclic) bond motifs is 5. The quantitative estimate of drug-likeness (QED) is 0.127. The Morgan fingerprint density at radius 3 is 2.13 bits per heavy atom. The van der Waals surface area contributed by atoms with Crippen LogP contribution in [0.15, 0.2) is 144 Å². The molecule has 0 N–H and O–H groups in total. The molecule has 0 aliphatic rings. The number of hydrogen-bond acceptors (Lipinski definition) is 6. The summed E-state index contributed by atoms with van der Waals surface area (Å²) in [5.41, 5.74) is 9.65. The normalized spacial score (nSPS) is 11.5. The third-order valence-electron chi connectivity index (χ3n) is 9.51. The molecule has 0 amide bonds. The first-order chi connectivity index (χ1) is 26.3. The number of para-hydroxylation sites is 3. The van der Waals surface area contributed by atoms with Crippen LogP contribution >= 0.6 is 11.3 Å². The minimum Gasteiger partial charge on any atom is -0.333 e. The third-order valence-corrected chi connectivity index (χ3v) is 14.9. The summed E-state index contributed by atoms with van der Waals surface area (Å²) >= 11 is -0.101. The Balaban J connectivity index is 0.000000175. The first-order valence-electron chi connectivity index (χ1n) is 17.9. The summed E-state index contributed by atoms with van der Waals surface area (Å²) in [4.78, 5) is 20.1. The first kappa shape index (κ1) is 36.7. The molecule has 5 aromatic carbocycles. The van der Waals surface area contributed by atoms with Crippen molar-refractivity contribution in [1.29, 1.82) is 0 Å². The molecule has 55 heavy (non-hydrogen) atoms. The zero-order valence-electron chi connectivity index (χ0n) is 30.7. The molecule has 0 saturated carbocycles. The second kappa shape index (κ2) is 15.1. The zero-order chi connectivity index (χ0) is 36.8. The van der Waals surface area contributed by atoms with Gasteiger partial charge in [0.05, 0.1) is 22.6 Å². The van der Waals surface area contributed by atoms with Crippen molar-refractivity contribution in [3.8, 4) is 39.6 Å². The molecule has 1 radical (unpaired) electrons. The van der Waals surface area contributed by atoms with Gasteiger partial charge in [-0.1, -0.05) is 77.7 Å². The van der Waals surface area contributed by atoms with Crippen LogP contribution in [0.2, 0.25) is 17.3 Å². The predicted octanol–water partition coefficient (Wildman–Crippen LogP) is 11.5. The molecule has 0 unspecified atom stereocenters. The fourth-order valence-electron chi connectivity index (χ4n) is 6.77. The summed E-state index contributed by atoms with van der Waals surface area (Å²) in [6.45, 7) is 1.85. The molecule has 9 heteroatoms. The minimum absolute atomic E-state index is 0. The van der Waals surface area contributed by atoms with Gasteiger partial charge < -0.3 is 4.57 Å². The van der Waals surface area contributed by atoms with E-state index in [-0.39, 0.29) is 20.1 Å². The fourth-order valence-corrected chi connectivity index (χ4v) is 10.1. The van der Waals surface area contributed by atoms with Crippen molar-refractivity contribution >= 4 is 71.4 Å². The van der Waals surface area contributed by atoms with Crippen molar-refractivity contribution in [3.63, 3.8) is 0 Å². The smallest absolute Gasteiger partial charge is 0.114 e. The third kappa shape index (κ3) is 7.07. The molecule has 0 aliphatic carbocycles. The van der Waals surface area contributed by atoms with E-state index < -0.39 is 13.3 Å². The van der Waals surface area contributed by atoms with Crippen molar-refractivity contribution < 1.29 is 24.5 Å². The number of oxazole rings is 1. The number of aryl methyl sites for hydroxylation is 1. The second-order valence-electron chi connectivity index (χ2n) is 14.2. The average Bonchev–Trinajstić information content (AvgIpc) is 3.90. The van der Waals surface area contributed by atoms with Gasteiger partial charge in [0.1, 0.15) is 4.83 Å². The van der Waals surface area contributed by atoms with Gasteiger partial charge in [-0.2, -0.15) is 11.3 Å².